The number of aromatic nitrogens is 3. The fourth-order valence-corrected chi connectivity index (χ4v) is 6.01. The molecule has 2 aliphatic rings. The third-order valence-electron chi connectivity index (χ3n) is 8.42. The van der Waals surface area contributed by atoms with Crippen molar-refractivity contribution in [3.8, 4) is 11.4 Å². The molecule has 3 aromatic carbocycles. The van der Waals surface area contributed by atoms with Crippen LogP contribution in [0.4, 0.5) is 17.1 Å². The summed E-state index contributed by atoms with van der Waals surface area (Å²) in [6.07, 6.45) is 15.5. The Kier molecular flexibility index (Phi) is 7.23. The lowest BCUT2D eigenvalue weighted by atomic mass is 9.70. The van der Waals surface area contributed by atoms with Crippen LogP contribution in [0.3, 0.4) is 0 Å². The first-order valence-corrected chi connectivity index (χ1v) is 14.6. The molecule has 0 spiro atoms. The highest BCUT2D eigenvalue weighted by Crippen LogP contribution is 2.53. The summed E-state index contributed by atoms with van der Waals surface area (Å²) in [4.78, 5) is 17.2. The molecule has 0 N–H and O–H groups in total. The minimum Gasteiger partial charge on any atom is -0.310 e. The lowest BCUT2D eigenvalue weighted by molar-refractivity contribution is 0.544. The quantitative estimate of drug-likeness (QED) is 0.230. The Hall–Kier alpha value is -4.57. The second-order valence-electron chi connectivity index (χ2n) is 10.8. The predicted octanol–water partition coefficient (Wildman–Crippen LogP) is 9.75. The Morgan fingerprint density at radius 2 is 1.51 bits per heavy atom. The van der Waals surface area contributed by atoms with Crippen LogP contribution in [0.15, 0.2) is 109 Å². The molecule has 2 heterocycles. The van der Waals surface area contributed by atoms with Gasteiger partial charge >= 0.3 is 0 Å². The third kappa shape index (κ3) is 4.74. The monoisotopic (exact) mass is 536 g/mol. The molecule has 0 saturated heterocycles. The maximum atomic E-state index is 4.96. The van der Waals surface area contributed by atoms with Gasteiger partial charge in [0.05, 0.1) is 11.4 Å². The number of nitrogens with zero attached hydrogens (tertiary/aromatic N) is 4. The van der Waals surface area contributed by atoms with Crippen LogP contribution in [0.1, 0.15) is 69.7 Å². The van der Waals surface area contributed by atoms with Gasteiger partial charge in [0.15, 0.2) is 17.5 Å². The lowest BCUT2D eigenvalue weighted by Gasteiger charge is -2.43. The van der Waals surface area contributed by atoms with E-state index in [9.17, 15) is 0 Å². The van der Waals surface area contributed by atoms with E-state index in [2.05, 4.69) is 122 Å². The van der Waals surface area contributed by atoms with E-state index in [1.165, 1.54) is 22.5 Å². The molecule has 1 aliphatic heterocycles. The molecule has 0 unspecified atom stereocenters. The number of fused-ring (bicyclic) bond motifs is 2. The van der Waals surface area contributed by atoms with Gasteiger partial charge in [0.1, 0.15) is 0 Å². The first-order chi connectivity index (χ1) is 20.1. The molecule has 0 amide bonds. The Balaban J connectivity index is 1.45. The van der Waals surface area contributed by atoms with Crippen molar-refractivity contribution in [1.82, 2.24) is 15.0 Å². The molecule has 0 bridgehead atoms. The van der Waals surface area contributed by atoms with Crippen LogP contribution >= 0.6 is 0 Å². The summed E-state index contributed by atoms with van der Waals surface area (Å²) in [5, 5.41) is 0. The van der Waals surface area contributed by atoms with Crippen LogP contribution in [0, 0.1) is 0 Å². The van der Waals surface area contributed by atoms with Crippen LogP contribution in [0.25, 0.3) is 22.5 Å². The number of hydrogen-bond acceptors (Lipinski definition) is 4. The summed E-state index contributed by atoms with van der Waals surface area (Å²) in [7, 11) is 0. The van der Waals surface area contributed by atoms with Gasteiger partial charge in [0, 0.05) is 22.2 Å². The smallest absolute Gasteiger partial charge is 0.164 e. The van der Waals surface area contributed by atoms with Crippen molar-refractivity contribution < 1.29 is 0 Å². The van der Waals surface area contributed by atoms with E-state index >= 15 is 0 Å². The second-order valence-corrected chi connectivity index (χ2v) is 10.8. The summed E-state index contributed by atoms with van der Waals surface area (Å²) < 4.78 is 0. The van der Waals surface area contributed by atoms with Gasteiger partial charge in [0.2, 0.25) is 0 Å². The van der Waals surface area contributed by atoms with Gasteiger partial charge in [-0.25, -0.2) is 15.0 Å². The number of allylic oxidation sites excluding steroid dienone is 8. The molecule has 204 valence electrons. The fraction of sp³-hybridized carbons (Fsp3) is 0.216. The zero-order valence-electron chi connectivity index (χ0n) is 24.3. The van der Waals surface area contributed by atoms with Gasteiger partial charge in [-0.15, -0.1) is 0 Å². The molecule has 0 saturated carbocycles. The largest absolute Gasteiger partial charge is 0.310 e. The van der Waals surface area contributed by atoms with Crippen molar-refractivity contribution >= 4 is 28.2 Å². The molecular formula is C37H36N4. The van der Waals surface area contributed by atoms with Gasteiger partial charge in [0.25, 0.3) is 0 Å². The zero-order chi connectivity index (χ0) is 28.4. The summed E-state index contributed by atoms with van der Waals surface area (Å²) in [5.74, 6) is 2.14. The third-order valence-corrected chi connectivity index (χ3v) is 8.42. The van der Waals surface area contributed by atoms with Crippen molar-refractivity contribution in [3.63, 3.8) is 0 Å². The summed E-state index contributed by atoms with van der Waals surface area (Å²) in [6, 6.07) is 26.3. The van der Waals surface area contributed by atoms with Gasteiger partial charge < -0.3 is 4.90 Å². The van der Waals surface area contributed by atoms with Crippen LogP contribution in [0.5, 0.6) is 0 Å². The molecule has 1 aromatic heterocycles. The summed E-state index contributed by atoms with van der Waals surface area (Å²) in [5.41, 5.74) is 9.35. The fourth-order valence-electron chi connectivity index (χ4n) is 6.01. The highest BCUT2D eigenvalue weighted by atomic mass is 15.2. The van der Waals surface area contributed by atoms with Crippen LogP contribution in [-0.4, -0.2) is 15.0 Å². The van der Waals surface area contributed by atoms with Crippen molar-refractivity contribution in [2.45, 2.75) is 52.4 Å². The lowest BCUT2D eigenvalue weighted by Crippen LogP contribution is -2.32. The average Bonchev–Trinajstić information content (AvgIpc) is 3.04. The van der Waals surface area contributed by atoms with Crippen molar-refractivity contribution in [1.29, 1.82) is 0 Å². The first kappa shape index (κ1) is 26.6. The molecule has 1 aliphatic carbocycles. The Labute approximate surface area is 243 Å². The number of benzene rings is 3. The molecule has 0 fully saturated rings. The van der Waals surface area contributed by atoms with E-state index < -0.39 is 0 Å². The first-order valence-electron chi connectivity index (χ1n) is 14.6. The minimum absolute atomic E-state index is 0.0399. The highest BCUT2D eigenvalue weighted by Gasteiger charge is 2.38. The molecule has 41 heavy (non-hydrogen) atoms. The van der Waals surface area contributed by atoms with Crippen molar-refractivity contribution in [2.75, 3.05) is 4.90 Å². The van der Waals surface area contributed by atoms with E-state index in [1.54, 1.807) is 0 Å². The van der Waals surface area contributed by atoms with Crippen LogP contribution in [0.2, 0.25) is 0 Å². The van der Waals surface area contributed by atoms with Gasteiger partial charge in [-0.1, -0.05) is 86.7 Å². The maximum Gasteiger partial charge on any atom is 0.164 e. The molecular weight excluding hydrogens is 500 g/mol. The van der Waals surface area contributed by atoms with E-state index in [-0.39, 0.29) is 5.41 Å². The maximum absolute atomic E-state index is 4.96. The standard InChI is InChI=1S/C37H36N4/c1-5-15-26(6-2)34-38-35(27-16-9-8-10-17-27)40-36(39-34)28-22-24-29(25-23-28)41-32-20-13-11-18-30(32)37(4,7-3)31-19-12-14-21-33(31)41/h5-6,8-9,11-16,18-25H,7,10,17H2,1-4H3/b15-5-,26-6+. The highest BCUT2D eigenvalue weighted by molar-refractivity contribution is 5.86. The Morgan fingerprint density at radius 3 is 2.10 bits per heavy atom. The SMILES string of the molecule is C/C=C\C(=C/C)c1nc(C2=CC=CCC2)nc(-c2ccc(N3c4ccccc4C(C)(CC)c4ccccc43)cc2)n1. The number of para-hydroxylation sites is 2. The van der Waals surface area contributed by atoms with E-state index in [4.69, 9.17) is 15.0 Å². The number of hydrogen-bond donors (Lipinski definition) is 0. The molecule has 6 rings (SSSR count). The zero-order valence-corrected chi connectivity index (χ0v) is 24.3. The normalized spacial score (nSPS) is 16.0. The average molecular weight is 537 g/mol. The van der Waals surface area contributed by atoms with Gasteiger partial charge in [-0.05, 0) is 86.2 Å². The van der Waals surface area contributed by atoms with Crippen molar-refractivity contribution in [2.24, 2.45) is 0 Å². The number of anilines is 3. The minimum atomic E-state index is -0.0399. The van der Waals surface area contributed by atoms with Gasteiger partial charge in [-0.2, -0.15) is 0 Å². The number of rotatable bonds is 6. The molecule has 0 atom stereocenters. The van der Waals surface area contributed by atoms with E-state index in [1.807, 2.05) is 19.9 Å². The van der Waals surface area contributed by atoms with Crippen molar-refractivity contribution in [3.05, 3.63) is 132 Å². The van der Waals surface area contributed by atoms with E-state index in [0.29, 0.717) is 11.6 Å². The van der Waals surface area contributed by atoms with Crippen LogP contribution < -0.4 is 4.90 Å². The topological polar surface area (TPSA) is 41.9 Å². The molecule has 4 heteroatoms. The second kappa shape index (κ2) is 11.1. The van der Waals surface area contributed by atoms with E-state index in [0.717, 1.165) is 47.5 Å². The molecule has 4 nitrogen and oxygen atoms in total. The Morgan fingerprint density at radius 1 is 0.854 bits per heavy atom. The summed E-state index contributed by atoms with van der Waals surface area (Å²) in [6.45, 7) is 8.68. The van der Waals surface area contributed by atoms with Gasteiger partial charge in [-0.3, -0.25) is 0 Å². The predicted molar refractivity (Wildman–Crippen MR) is 172 cm³/mol. The summed E-state index contributed by atoms with van der Waals surface area (Å²) >= 11 is 0. The molecule has 0 radical (unpaired) electrons. The Bertz CT molecular complexity index is 1660. The molecule has 4 aromatic rings. The van der Waals surface area contributed by atoms with Crippen LogP contribution in [-0.2, 0) is 5.41 Å².